The smallest absolute Gasteiger partial charge is 0.233 e. The van der Waals surface area contributed by atoms with Crippen molar-refractivity contribution in [2.45, 2.75) is 49.0 Å². The maximum Gasteiger partial charge on any atom is 0.233 e. The third-order valence-corrected chi connectivity index (χ3v) is 6.05. The van der Waals surface area contributed by atoms with Gasteiger partial charge in [0.05, 0.1) is 22.4 Å². The van der Waals surface area contributed by atoms with E-state index in [0.717, 1.165) is 22.2 Å². The van der Waals surface area contributed by atoms with Crippen LogP contribution in [0.3, 0.4) is 0 Å². The van der Waals surface area contributed by atoms with Crippen LogP contribution in [-0.2, 0) is 9.53 Å². The standard InChI is InChI=1S/C18H21ClN2O2S/c1-11(17(22)21-18(3)7-9-23-12(18)2)24-16-6-8-20-15-10-13(19)4-5-14(15)16/h4-6,8,10-12H,7,9H2,1-3H3,(H,21,22). The monoisotopic (exact) mass is 364 g/mol. The van der Waals surface area contributed by atoms with Crippen LogP contribution in [0.1, 0.15) is 27.2 Å². The number of fused-ring (bicyclic) bond motifs is 1. The van der Waals surface area contributed by atoms with Gasteiger partial charge in [-0.25, -0.2) is 0 Å². The van der Waals surface area contributed by atoms with E-state index in [9.17, 15) is 4.79 Å². The van der Waals surface area contributed by atoms with Crippen LogP contribution < -0.4 is 5.32 Å². The van der Waals surface area contributed by atoms with E-state index in [1.54, 1.807) is 6.20 Å². The number of thioether (sulfide) groups is 1. The highest BCUT2D eigenvalue weighted by atomic mass is 35.5. The van der Waals surface area contributed by atoms with Gasteiger partial charge in [0.15, 0.2) is 0 Å². The Morgan fingerprint density at radius 2 is 2.29 bits per heavy atom. The number of halogens is 1. The number of hydrogen-bond acceptors (Lipinski definition) is 4. The molecule has 2 heterocycles. The number of aromatic nitrogens is 1. The lowest BCUT2D eigenvalue weighted by molar-refractivity contribution is -0.122. The molecular formula is C18H21ClN2O2S. The van der Waals surface area contributed by atoms with E-state index in [2.05, 4.69) is 10.3 Å². The highest BCUT2D eigenvalue weighted by Gasteiger charge is 2.39. The molecule has 3 rings (SSSR count). The maximum atomic E-state index is 12.6. The average molecular weight is 365 g/mol. The zero-order valence-electron chi connectivity index (χ0n) is 14.0. The summed E-state index contributed by atoms with van der Waals surface area (Å²) < 4.78 is 5.59. The van der Waals surface area contributed by atoms with Crippen LogP contribution in [0.25, 0.3) is 10.9 Å². The second-order valence-corrected chi connectivity index (χ2v) is 8.22. The van der Waals surface area contributed by atoms with Crippen LogP contribution in [0.5, 0.6) is 0 Å². The Kier molecular flexibility index (Phi) is 5.04. The molecule has 0 radical (unpaired) electrons. The molecule has 1 aromatic carbocycles. The number of nitrogens with one attached hydrogen (secondary N) is 1. The number of carbonyl (C=O) groups excluding carboxylic acids is 1. The van der Waals surface area contributed by atoms with Gasteiger partial charge in [-0.1, -0.05) is 17.7 Å². The molecule has 4 nitrogen and oxygen atoms in total. The predicted molar refractivity (Wildman–Crippen MR) is 98.7 cm³/mol. The number of pyridine rings is 1. The molecule has 1 aliphatic rings. The molecular weight excluding hydrogens is 344 g/mol. The van der Waals surface area contributed by atoms with E-state index >= 15 is 0 Å². The summed E-state index contributed by atoms with van der Waals surface area (Å²) in [5.74, 6) is 0.0266. The first-order valence-corrected chi connectivity index (χ1v) is 9.29. The molecule has 128 valence electrons. The third kappa shape index (κ3) is 3.53. The van der Waals surface area contributed by atoms with Gasteiger partial charge in [-0.05, 0) is 45.4 Å². The Balaban J connectivity index is 1.75. The number of amides is 1. The van der Waals surface area contributed by atoms with Crippen molar-refractivity contribution < 1.29 is 9.53 Å². The van der Waals surface area contributed by atoms with Gasteiger partial charge in [0, 0.05) is 28.1 Å². The van der Waals surface area contributed by atoms with Gasteiger partial charge in [0.2, 0.25) is 5.91 Å². The number of nitrogens with zero attached hydrogens (tertiary/aromatic N) is 1. The van der Waals surface area contributed by atoms with E-state index in [4.69, 9.17) is 16.3 Å². The fourth-order valence-corrected chi connectivity index (χ4v) is 3.98. The number of benzene rings is 1. The molecule has 0 saturated carbocycles. The van der Waals surface area contributed by atoms with Crippen LogP contribution in [0.4, 0.5) is 0 Å². The number of ether oxygens (including phenoxy) is 1. The maximum absolute atomic E-state index is 12.6. The summed E-state index contributed by atoms with van der Waals surface area (Å²) in [6, 6.07) is 7.57. The Bertz CT molecular complexity index is 770. The minimum Gasteiger partial charge on any atom is -0.376 e. The van der Waals surface area contributed by atoms with Gasteiger partial charge in [0.1, 0.15) is 0 Å². The van der Waals surface area contributed by atoms with Gasteiger partial charge in [-0.15, -0.1) is 11.8 Å². The minimum absolute atomic E-state index is 0.0266. The van der Waals surface area contributed by atoms with Crippen molar-refractivity contribution >= 4 is 40.2 Å². The molecule has 0 aliphatic carbocycles. The third-order valence-electron chi connectivity index (χ3n) is 4.63. The summed E-state index contributed by atoms with van der Waals surface area (Å²) in [4.78, 5) is 18.0. The lowest BCUT2D eigenvalue weighted by atomic mass is 9.94. The molecule has 24 heavy (non-hydrogen) atoms. The van der Waals surface area contributed by atoms with Gasteiger partial charge >= 0.3 is 0 Å². The van der Waals surface area contributed by atoms with Crippen LogP contribution in [0.2, 0.25) is 5.02 Å². The topological polar surface area (TPSA) is 51.2 Å². The lowest BCUT2D eigenvalue weighted by Crippen LogP contribution is -2.52. The molecule has 6 heteroatoms. The quantitative estimate of drug-likeness (QED) is 0.831. The van der Waals surface area contributed by atoms with Gasteiger partial charge in [-0.3, -0.25) is 9.78 Å². The average Bonchev–Trinajstić information content (AvgIpc) is 2.86. The highest BCUT2D eigenvalue weighted by Crippen LogP contribution is 2.32. The first-order valence-electron chi connectivity index (χ1n) is 8.03. The van der Waals surface area contributed by atoms with Gasteiger partial charge in [0.25, 0.3) is 0 Å². The Hall–Kier alpha value is -1.30. The second-order valence-electron chi connectivity index (χ2n) is 6.40. The van der Waals surface area contributed by atoms with Gasteiger partial charge < -0.3 is 10.1 Å². The molecule has 1 fully saturated rings. The van der Waals surface area contributed by atoms with E-state index in [1.807, 2.05) is 45.0 Å². The molecule has 1 aliphatic heterocycles. The molecule has 3 unspecified atom stereocenters. The summed E-state index contributed by atoms with van der Waals surface area (Å²) >= 11 is 7.56. The number of hydrogen-bond donors (Lipinski definition) is 1. The zero-order chi connectivity index (χ0) is 17.3. The highest BCUT2D eigenvalue weighted by molar-refractivity contribution is 8.00. The van der Waals surface area contributed by atoms with Crippen LogP contribution in [-0.4, -0.2) is 34.4 Å². The molecule has 0 bridgehead atoms. The first-order chi connectivity index (χ1) is 11.4. The molecule has 1 N–H and O–H groups in total. The van der Waals surface area contributed by atoms with Crippen LogP contribution in [0, 0.1) is 0 Å². The molecule has 1 amide bonds. The second kappa shape index (κ2) is 6.90. The summed E-state index contributed by atoms with van der Waals surface area (Å²) in [7, 11) is 0. The number of rotatable bonds is 4. The largest absolute Gasteiger partial charge is 0.376 e. The fraction of sp³-hybridized carbons (Fsp3) is 0.444. The first kappa shape index (κ1) is 17.5. The van der Waals surface area contributed by atoms with Crippen molar-refractivity contribution in [3.8, 4) is 0 Å². The molecule has 0 spiro atoms. The molecule has 2 aromatic rings. The van der Waals surface area contributed by atoms with Crippen molar-refractivity contribution in [3.05, 3.63) is 35.5 Å². The number of carbonyl (C=O) groups is 1. The Labute approximate surface area is 151 Å². The molecule has 1 saturated heterocycles. The van der Waals surface area contributed by atoms with E-state index in [-0.39, 0.29) is 22.8 Å². The van der Waals surface area contributed by atoms with E-state index in [1.165, 1.54) is 11.8 Å². The lowest BCUT2D eigenvalue weighted by Gasteiger charge is -2.30. The Morgan fingerprint density at radius 3 is 3.00 bits per heavy atom. The van der Waals surface area contributed by atoms with Crippen molar-refractivity contribution in [2.24, 2.45) is 0 Å². The molecule has 3 atom stereocenters. The predicted octanol–water partition coefficient (Wildman–Crippen LogP) is 4.05. The molecule has 1 aromatic heterocycles. The normalized spacial score (nSPS) is 24.9. The summed E-state index contributed by atoms with van der Waals surface area (Å²) in [6.45, 7) is 6.66. The van der Waals surface area contributed by atoms with E-state index in [0.29, 0.717) is 11.6 Å². The van der Waals surface area contributed by atoms with Gasteiger partial charge in [-0.2, -0.15) is 0 Å². The van der Waals surface area contributed by atoms with Crippen molar-refractivity contribution in [3.63, 3.8) is 0 Å². The van der Waals surface area contributed by atoms with Crippen LogP contribution in [0.15, 0.2) is 35.4 Å². The van der Waals surface area contributed by atoms with Crippen molar-refractivity contribution in [2.75, 3.05) is 6.61 Å². The van der Waals surface area contributed by atoms with Crippen molar-refractivity contribution in [1.82, 2.24) is 10.3 Å². The SMILES string of the molecule is CC(Sc1ccnc2cc(Cl)ccc12)C(=O)NC1(C)CCOC1C. The van der Waals surface area contributed by atoms with E-state index < -0.39 is 0 Å². The van der Waals surface area contributed by atoms with Crippen LogP contribution >= 0.6 is 23.4 Å². The van der Waals surface area contributed by atoms with Crippen molar-refractivity contribution in [1.29, 1.82) is 0 Å². The minimum atomic E-state index is -0.292. The summed E-state index contributed by atoms with van der Waals surface area (Å²) in [5, 5.41) is 4.62. The summed E-state index contributed by atoms with van der Waals surface area (Å²) in [6.07, 6.45) is 2.62. The fourth-order valence-electron chi connectivity index (χ4n) is 2.82. The summed E-state index contributed by atoms with van der Waals surface area (Å²) in [5.41, 5.74) is 0.546. The Morgan fingerprint density at radius 1 is 1.50 bits per heavy atom. The zero-order valence-corrected chi connectivity index (χ0v) is 15.6.